The minimum Gasteiger partial charge on any atom is -0.376 e. The molecule has 4 unspecified atom stereocenters. The van der Waals surface area contributed by atoms with E-state index in [1.54, 1.807) is 0 Å². The molecule has 3 aliphatic rings. The predicted octanol–water partition coefficient (Wildman–Crippen LogP) is 1.48. The lowest BCUT2D eigenvalue weighted by atomic mass is 9.85. The second-order valence-corrected chi connectivity index (χ2v) is 9.09. The highest BCUT2D eigenvalue weighted by atomic mass is 32.2. The molecule has 0 radical (unpaired) electrons. The average Bonchev–Trinajstić information content (AvgIpc) is 2.45. The second-order valence-electron chi connectivity index (χ2n) is 6.10. The first-order valence-corrected chi connectivity index (χ1v) is 10.2. The van der Waals surface area contributed by atoms with Crippen LogP contribution in [0.2, 0.25) is 0 Å². The molecule has 2 aliphatic heterocycles. The van der Waals surface area contributed by atoms with Crippen LogP contribution in [0.1, 0.15) is 32.6 Å². The highest BCUT2D eigenvalue weighted by Gasteiger charge is 2.37. The molecule has 0 spiro atoms. The van der Waals surface area contributed by atoms with E-state index in [0.29, 0.717) is 19.0 Å². The number of ketones is 1. The molecule has 4 atom stereocenters. The quantitative estimate of drug-likeness (QED) is 0.544. The summed E-state index contributed by atoms with van der Waals surface area (Å²) in [5, 5.41) is 0. The number of hydrogen-bond acceptors (Lipinski definition) is 3. The number of rotatable bonds is 1. The molecule has 3 rings (SSSR count). The maximum absolute atomic E-state index is 12.7. The molecule has 0 aromatic heterocycles. The lowest BCUT2D eigenvalue weighted by Crippen LogP contribution is -2.40. The zero-order valence-corrected chi connectivity index (χ0v) is 15.4. The van der Waals surface area contributed by atoms with E-state index in [0.717, 1.165) is 33.6 Å². The van der Waals surface area contributed by atoms with Crippen LogP contribution in [-0.2, 0) is 14.3 Å². The van der Waals surface area contributed by atoms with Crippen LogP contribution < -0.4 is 0 Å². The summed E-state index contributed by atoms with van der Waals surface area (Å²) in [6.07, 6.45) is 7.12. The van der Waals surface area contributed by atoms with Crippen LogP contribution in [0.3, 0.4) is 0 Å². The molecule has 5 heteroatoms. The van der Waals surface area contributed by atoms with Crippen molar-refractivity contribution < 1.29 is 14.3 Å². The van der Waals surface area contributed by atoms with E-state index in [9.17, 15) is 4.79 Å². The van der Waals surface area contributed by atoms with Crippen LogP contribution in [0.5, 0.6) is 0 Å². The van der Waals surface area contributed by atoms with Crippen molar-refractivity contribution in [3.05, 3.63) is 9.34 Å². The van der Waals surface area contributed by atoms with Gasteiger partial charge in [-0.2, -0.15) is 10.5 Å². The van der Waals surface area contributed by atoms with Crippen LogP contribution in [0.4, 0.5) is 0 Å². The number of fused-ring (bicyclic) bond motifs is 1. The van der Waals surface area contributed by atoms with E-state index in [2.05, 4.69) is 13.2 Å². The summed E-state index contributed by atoms with van der Waals surface area (Å²) < 4.78 is 12.8. The summed E-state index contributed by atoms with van der Waals surface area (Å²) in [5.41, 5.74) is 0. The summed E-state index contributed by atoms with van der Waals surface area (Å²) >= 11 is 0.832. The van der Waals surface area contributed by atoms with Gasteiger partial charge in [-0.25, -0.2) is 0 Å². The third kappa shape index (κ3) is 2.60. The van der Waals surface area contributed by atoms with E-state index < -0.39 is 0 Å². The maximum Gasteiger partial charge on any atom is 0.266 e. The van der Waals surface area contributed by atoms with Crippen molar-refractivity contribution in [2.45, 2.75) is 44.8 Å². The van der Waals surface area contributed by atoms with Gasteiger partial charge in [0.05, 0.1) is 19.3 Å². The SMILES string of the molecule is CC1COCC(C2=[C]([AlH2])C(=O)C3CCCCC3=S2C)O1. The fourth-order valence-corrected chi connectivity index (χ4v) is 7.71. The molecular formula is C15H23AlO3S. The topological polar surface area (TPSA) is 35.5 Å². The lowest BCUT2D eigenvalue weighted by molar-refractivity contribution is -0.119. The summed E-state index contributed by atoms with van der Waals surface area (Å²) in [6, 6.07) is 0. The van der Waals surface area contributed by atoms with Crippen molar-refractivity contribution in [1.29, 1.82) is 0 Å². The Balaban J connectivity index is 1.98. The van der Waals surface area contributed by atoms with Crippen molar-refractivity contribution in [1.82, 2.24) is 0 Å². The predicted molar refractivity (Wildman–Crippen MR) is 86.2 cm³/mol. The van der Waals surface area contributed by atoms with E-state index in [-0.39, 0.29) is 28.6 Å². The number of allylic oxidation sites excluding steroid dienone is 1. The number of Topliss-reactive ketones (excluding diaryl/α,β-unsaturated/α-hetero) is 1. The van der Waals surface area contributed by atoms with Gasteiger partial charge < -0.3 is 9.47 Å². The van der Waals surface area contributed by atoms with Gasteiger partial charge in [0.1, 0.15) is 11.9 Å². The number of ether oxygens (including phenoxy) is 2. The Morgan fingerprint density at radius 1 is 1.30 bits per heavy atom. The van der Waals surface area contributed by atoms with Crippen molar-refractivity contribution in [3.8, 4) is 0 Å². The molecule has 2 heterocycles. The molecule has 1 saturated heterocycles. The number of hydrogen-bond donors (Lipinski definition) is 0. The van der Waals surface area contributed by atoms with Gasteiger partial charge in [0.25, 0.3) is 16.3 Å². The van der Waals surface area contributed by atoms with E-state index >= 15 is 0 Å². The fourth-order valence-electron chi connectivity index (χ4n) is 3.66. The average molecular weight is 310 g/mol. The minimum absolute atomic E-state index is 0.0129. The summed E-state index contributed by atoms with van der Waals surface area (Å²) in [5.74, 6) is 0.643. The summed E-state index contributed by atoms with van der Waals surface area (Å²) in [6.45, 7) is 3.34. The molecule has 3 nitrogen and oxygen atoms in total. The van der Waals surface area contributed by atoms with Crippen LogP contribution in [-0.4, -0.2) is 58.6 Å². The fraction of sp³-hybridized carbons (Fsp3) is 0.733. The Morgan fingerprint density at radius 2 is 2.10 bits per heavy atom. The van der Waals surface area contributed by atoms with Crippen LogP contribution in [0.25, 0.3) is 0 Å². The van der Waals surface area contributed by atoms with Crippen LogP contribution in [0, 0.1) is 5.92 Å². The third-order valence-corrected chi connectivity index (χ3v) is 8.54. The highest BCUT2D eigenvalue weighted by Crippen LogP contribution is 2.42. The van der Waals surface area contributed by atoms with Crippen LogP contribution in [0.15, 0.2) is 9.34 Å². The molecule has 0 amide bonds. The van der Waals surface area contributed by atoms with Gasteiger partial charge in [0.2, 0.25) is 0 Å². The third-order valence-electron chi connectivity index (χ3n) is 4.64. The minimum atomic E-state index is 0.0129. The smallest absolute Gasteiger partial charge is 0.266 e. The zero-order chi connectivity index (χ0) is 14.3. The molecule has 0 aromatic carbocycles. The normalized spacial score (nSPS) is 38.9. The molecule has 0 bridgehead atoms. The van der Waals surface area contributed by atoms with Gasteiger partial charge >= 0.3 is 0 Å². The molecule has 1 aliphatic carbocycles. The zero-order valence-electron chi connectivity index (χ0n) is 12.6. The van der Waals surface area contributed by atoms with Gasteiger partial charge in [0.15, 0.2) is 0 Å². The molecule has 0 N–H and O–H groups in total. The van der Waals surface area contributed by atoms with Crippen molar-refractivity contribution in [2.75, 3.05) is 19.5 Å². The Morgan fingerprint density at radius 3 is 2.85 bits per heavy atom. The standard InChI is InChI=1S/C15H21O3S.Al.2H/c1-10-8-17-9-13(18-10)15-7-12(16)11-5-3-4-6-14(11)19(15)2;;;/h10-11,13H,3-6,8-9H2,1-2H3;;;. The van der Waals surface area contributed by atoms with Gasteiger partial charge in [0, 0.05) is 5.92 Å². The maximum atomic E-state index is 12.7. The van der Waals surface area contributed by atoms with Gasteiger partial charge in [-0.3, -0.25) is 4.79 Å². The molecule has 0 aromatic rings. The first-order valence-electron chi connectivity index (χ1n) is 7.59. The van der Waals surface area contributed by atoms with E-state index in [1.807, 2.05) is 0 Å². The second kappa shape index (κ2) is 6.06. The molecule has 20 heavy (non-hydrogen) atoms. The van der Waals surface area contributed by atoms with E-state index in [4.69, 9.17) is 9.47 Å². The highest BCUT2D eigenvalue weighted by molar-refractivity contribution is 8.19. The van der Waals surface area contributed by atoms with Crippen LogP contribution >= 0.6 is 10.5 Å². The molecular weight excluding hydrogens is 287 g/mol. The van der Waals surface area contributed by atoms with Crippen molar-refractivity contribution in [3.63, 3.8) is 0 Å². The Kier molecular flexibility index (Phi) is 4.55. The Labute approximate surface area is 131 Å². The van der Waals surface area contributed by atoms with Crippen molar-refractivity contribution >= 4 is 37.4 Å². The Hall–Kier alpha value is 0.0825. The summed E-state index contributed by atoms with van der Waals surface area (Å²) in [7, 11) is 0.0974. The number of carbonyl (C=O) groups is 1. The summed E-state index contributed by atoms with van der Waals surface area (Å²) in [4.78, 5) is 15.5. The van der Waals surface area contributed by atoms with Gasteiger partial charge in [-0.05, 0) is 42.2 Å². The first-order chi connectivity index (χ1) is 9.59. The van der Waals surface area contributed by atoms with Gasteiger partial charge in [-0.15, -0.1) is 0 Å². The van der Waals surface area contributed by atoms with Crippen molar-refractivity contribution in [2.24, 2.45) is 5.92 Å². The monoisotopic (exact) mass is 310 g/mol. The molecule has 1 saturated carbocycles. The van der Waals surface area contributed by atoms with Gasteiger partial charge in [-0.1, -0.05) is 10.9 Å². The van der Waals surface area contributed by atoms with E-state index in [1.165, 1.54) is 22.6 Å². The molecule has 2 fully saturated rings. The lowest BCUT2D eigenvalue weighted by Gasteiger charge is -2.38. The Bertz CT molecular complexity index is 497. The largest absolute Gasteiger partial charge is 0.376 e. The number of carbonyl (C=O) groups excluding carboxylic acids is 1. The molecule has 110 valence electrons. The first kappa shape index (κ1) is 15.0.